The predicted molar refractivity (Wildman–Crippen MR) is 119 cm³/mol. The zero-order valence-corrected chi connectivity index (χ0v) is 20.0. The number of carbonyl (C=O) groups excluding carboxylic acids is 2. The quantitative estimate of drug-likeness (QED) is 0.777. The molecule has 8 nitrogen and oxygen atoms in total. The minimum atomic E-state index is -0.531. The third-order valence-corrected chi connectivity index (χ3v) is 5.31. The molecule has 1 fully saturated rings. The van der Waals surface area contributed by atoms with Crippen molar-refractivity contribution in [3.05, 3.63) is 11.8 Å². The van der Waals surface area contributed by atoms with Gasteiger partial charge in [0, 0.05) is 24.7 Å². The van der Waals surface area contributed by atoms with Crippen molar-refractivity contribution in [3.63, 3.8) is 0 Å². The van der Waals surface area contributed by atoms with Crippen LogP contribution in [0.1, 0.15) is 67.5 Å². The molecule has 1 aliphatic rings. The number of hydrogen-bond donors (Lipinski definition) is 2. The van der Waals surface area contributed by atoms with Crippen LogP contribution in [0, 0.1) is 12.8 Å². The molecule has 1 aliphatic heterocycles. The Labute approximate surface area is 180 Å². The summed E-state index contributed by atoms with van der Waals surface area (Å²) >= 11 is 0. The van der Waals surface area contributed by atoms with E-state index < -0.39 is 5.60 Å². The maximum atomic E-state index is 12.6. The van der Waals surface area contributed by atoms with Gasteiger partial charge in [0.15, 0.2) is 0 Å². The van der Waals surface area contributed by atoms with Gasteiger partial charge in [-0.1, -0.05) is 6.92 Å². The highest BCUT2D eigenvalue weighted by molar-refractivity contribution is 5.91. The summed E-state index contributed by atoms with van der Waals surface area (Å²) in [5.41, 5.74) is 0.0947. The number of piperidine rings is 1. The summed E-state index contributed by atoms with van der Waals surface area (Å²) in [5.74, 6) is 0.898. The second-order valence-electron chi connectivity index (χ2n) is 10.4. The van der Waals surface area contributed by atoms with E-state index in [9.17, 15) is 9.59 Å². The van der Waals surface area contributed by atoms with Crippen LogP contribution in [-0.4, -0.2) is 57.5 Å². The number of nitrogens with one attached hydrogen (secondary N) is 2. The van der Waals surface area contributed by atoms with E-state index in [1.165, 1.54) is 0 Å². The Kier molecular flexibility index (Phi) is 7.22. The fourth-order valence-electron chi connectivity index (χ4n) is 3.84. The highest BCUT2D eigenvalue weighted by Crippen LogP contribution is 2.25. The number of amides is 2. The molecule has 2 N–H and O–H groups in total. The van der Waals surface area contributed by atoms with Crippen molar-refractivity contribution in [1.82, 2.24) is 20.0 Å². The normalized spacial score (nSPS) is 22.7. The summed E-state index contributed by atoms with van der Waals surface area (Å²) in [5, 5.41) is 10.8. The van der Waals surface area contributed by atoms with E-state index in [0.29, 0.717) is 18.3 Å². The van der Waals surface area contributed by atoms with E-state index >= 15 is 0 Å². The number of aryl methyl sites for hydroxylation is 1. The monoisotopic (exact) mass is 421 g/mol. The lowest BCUT2D eigenvalue weighted by Gasteiger charge is -2.43. The summed E-state index contributed by atoms with van der Waals surface area (Å²) < 4.78 is 7.38. The molecule has 2 amide bonds. The molecule has 0 spiro atoms. The topological polar surface area (TPSA) is 88.5 Å². The van der Waals surface area contributed by atoms with Crippen LogP contribution in [-0.2, 0) is 15.1 Å². The van der Waals surface area contributed by atoms with Gasteiger partial charge in [0.1, 0.15) is 11.4 Å². The molecule has 2 rings (SSSR count). The third kappa shape index (κ3) is 6.20. The van der Waals surface area contributed by atoms with Crippen molar-refractivity contribution in [2.75, 3.05) is 18.4 Å². The molecule has 0 bridgehead atoms. The molecular formula is C22H39N5O3. The lowest BCUT2D eigenvalue weighted by Crippen LogP contribution is -2.59. The number of anilines is 1. The molecule has 30 heavy (non-hydrogen) atoms. The van der Waals surface area contributed by atoms with Gasteiger partial charge in [-0.05, 0) is 67.7 Å². The summed E-state index contributed by atoms with van der Waals surface area (Å²) in [6, 6.07) is 1.81. The zero-order valence-electron chi connectivity index (χ0n) is 20.0. The molecule has 1 saturated heterocycles. The number of aromatic nitrogens is 2. The van der Waals surface area contributed by atoms with Gasteiger partial charge in [-0.3, -0.25) is 4.79 Å². The second-order valence-corrected chi connectivity index (χ2v) is 10.4. The predicted octanol–water partition coefficient (Wildman–Crippen LogP) is 3.51. The Hall–Kier alpha value is -2.09. The lowest BCUT2D eigenvalue weighted by atomic mass is 9.87. The number of likely N-dealkylation sites (tertiary alicyclic amines) is 1. The number of ether oxygens (including phenoxy) is 1. The first-order chi connectivity index (χ1) is 13.7. The Morgan fingerprint density at radius 2 is 1.83 bits per heavy atom. The van der Waals surface area contributed by atoms with Crippen molar-refractivity contribution in [1.29, 1.82) is 0 Å². The highest BCUT2D eigenvalue weighted by Gasteiger charge is 2.37. The summed E-state index contributed by atoms with van der Waals surface area (Å²) in [7, 11) is 0. The van der Waals surface area contributed by atoms with E-state index in [1.807, 2.05) is 66.1 Å². The van der Waals surface area contributed by atoms with Gasteiger partial charge in [-0.2, -0.15) is 5.10 Å². The molecular weight excluding hydrogens is 382 g/mol. The fraction of sp³-hybridized carbons (Fsp3) is 0.773. The number of rotatable bonds is 4. The molecule has 0 saturated carbocycles. The van der Waals surface area contributed by atoms with Crippen molar-refractivity contribution in [3.8, 4) is 0 Å². The SMILES string of the molecule is Cc1cc(NC(=O)CN[C@H]2[C@@H](C)N(C(=O)OC(C)(C)C)CC[C@@H]2C)n(C(C)(C)C)n1. The van der Waals surface area contributed by atoms with Crippen LogP contribution in [0.4, 0.5) is 10.6 Å². The first-order valence-corrected chi connectivity index (χ1v) is 10.8. The number of nitrogens with zero attached hydrogens (tertiary/aromatic N) is 3. The van der Waals surface area contributed by atoms with Crippen LogP contribution in [0.3, 0.4) is 0 Å². The Morgan fingerprint density at radius 3 is 2.40 bits per heavy atom. The Balaban J connectivity index is 2.00. The largest absolute Gasteiger partial charge is 0.444 e. The van der Waals surface area contributed by atoms with Crippen molar-refractivity contribution >= 4 is 17.8 Å². The van der Waals surface area contributed by atoms with Gasteiger partial charge in [0.2, 0.25) is 5.91 Å². The van der Waals surface area contributed by atoms with Crippen LogP contribution < -0.4 is 10.6 Å². The van der Waals surface area contributed by atoms with Gasteiger partial charge in [-0.25, -0.2) is 9.48 Å². The van der Waals surface area contributed by atoms with E-state index in [-0.39, 0.29) is 36.2 Å². The molecule has 0 unspecified atom stereocenters. The average molecular weight is 422 g/mol. The molecule has 0 aromatic carbocycles. The summed E-state index contributed by atoms with van der Waals surface area (Å²) in [4.78, 5) is 27.0. The van der Waals surface area contributed by atoms with E-state index in [0.717, 1.165) is 12.1 Å². The Bertz CT molecular complexity index is 760. The van der Waals surface area contributed by atoms with Gasteiger partial charge >= 0.3 is 6.09 Å². The van der Waals surface area contributed by atoms with Gasteiger partial charge in [0.05, 0.1) is 17.8 Å². The van der Waals surface area contributed by atoms with Crippen molar-refractivity contribution < 1.29 is 14.3 Å². The standard InChI is InChI=1S/C22H39N5O3/c1-14-10-11-26(20(29)30-22(7,8)9)16(3)19(14)23-13-18(28)24-17-12-15(2)25-27(17)21(4,5)6/h12,14,16,19,23H,10-11,13H2,1-9H3,(H,24,28)/t14-,16+,19+/m0/s1. The first-order valence-electron chi connectivity index (χ1n) is 10.8. The lowest BCUT2D eigenvalue weighted by molar-refractivity contribution is -0.115. The summed E-state index contributed by atoms with van der Waals surface area (Å²) in [6.07, 6.45) is 0.557. The molecule has 0 radical (unpaired) electrons. The van der Waals surface area contributed by atoms with Crippen LogP contribution in [0.2, 0.25) is 0 Å². The number of hydrogen-bond acceptors (Lipinski definition) is 5. The maximum Gasteiger partial charge on any atom is 0.410 e. The maximum absolute atomic E-state index is 12.6. The summed E-state index contributed by atoms with van der Waals surface area (Å²) in [6.45, 7) is 18.6. The van der Waals surface area contributed by atoms with E-state index in [2.05, 4.69) is 22.7 Å². The van der Waals surface area contributed by atoms with Gasteiger partial charge in [-0.15, -0.1) is 0 Å². The van der Waals surface area contributed by atoms with Crippen LogP contribution in [0.5, 0.6) is 0 Å². The number of carbonyl (C=O) groups is 2. The molecule has 170 valence electrons. The Morgan fingerprint density at radius 1 is 1.20 bits per heavy atom. The molecule has 1 aromatic heterocycles. The van der Waals surface area contributed by atoms with Crippen molar-refractivity contribution in [2.45, 2.75) is 92.0 Å². The first kappa shape index (κ1) is 24.2. The average Bonchev–Trinajstić information content (AvgIpc) is 2.93. The molecule has 0 aliphatic carbocycles. The van der Waals surface area contributed by atoms with Crippen molar-refractivity contribution in [2.24, 2.45) is 5.92 Å². The van der Waals surface area contributed by atoms with E-state index in [4.69, 9.17) is 4.74 Å². The minimum Gasteiger partial charge on any atom is -0.444 e. The zero-order chi connectivity index (χ0) is 22.9. The molecule has 8 heteroatoms. The van der Waals surface area contributed by atoms with Gasteiger partial charge in [0.25, 0.3) is 0 Å². The third-order valence-electron chi connectivity index (χ3n) is 5.31. The fourth-order valence-corrected chi connectivity index (χ4v) is 3.84. The second kappa shape index (κ2) is 8.96. The molecule has 1 aromatic rings. The van der Waals surface area contributed by atoms with Crippen LogP contribution in [0.25, 0.3) is 0 Å². The molecule has 2 heterocycles. The van der Waals surface area contributed by atoms with Gasteiger partial charge < -0.3 is 20.3 Å². The van der Waals surface area contributed by atoms with Crippen LogP contribution in [0.15, 0.2) is 6.07 Å². The minimum absolute atomic E-state index is 0.00582. The van der Waals surface area contributed by atoms with E-state index in [1.54, 1.807) is 4.90 Å². The smallest absolute Gasteiger partial charge is 0.410 e. The highest BCUT2D eigenvalue weighted by atomic mass is 16.6. The molecule has 3 atom stereocenters. The van der Waals surface area contributed by atoms with Crippen LogP contribution >= 0.6 is 0 Å².